The smallest absolute Gasteiger partial charge is 0.0506 e. The maximum atomic E-state index is 5.91. The molecule has 4 heteroatoms. The molecular formula is C9H11BrN2S. The Morgan fingerprint density at radius 2 is 1.92 bits per heavy atom. The highest BCUT2D eigenvalue weighted by atomic mass is 79.9. The van der Waals surface area contributed by atoms with Crippen LogP contribution in [0.4, 0.5) is 0 Å². The van der Waals surface area contributed by atoms with Crippen LogP contribution in [0.1, 0.15) is 5.56 Å². The van der Waals surface area contributed by atoms with E-state index in [9.17, 15) is 0 Å². The topological polar surface area (TPSA) is 52.0 Å². The summed E-state index contributed by atoms with van der Waals surface area (Å²) < 4.78 is 0. The van der Waals surface area contributed by atoms with Gasteiger partial charge >= 0.3 is 0 Å². The van der Waals surface area contributed by atoms with Crippen molar-refractivity contribution in [3.63, 3.8) is 0 Å². The molecule has 0 aliphatic carbocycles. The van der Waals surface area contributed by atoms with Crippen molar-refractivity contribution in [3.8, 4) is 0 Å². The van der Waals surface area contributed by atoms with Gasteiger partial charge in [0, 0.05) is 10.2 Å². The lowest BCUT2D eigenvalue weighted by Crippen LogP contribution is -2.02. The van der Waals surface area contributed by atoms with Crippen molar-refractivity contribution in [3.05, 3.63) is 40.8 Å². The SMILES string of the molecule is NS/C(CBr)=C(\N)c1ccccc1. The fourth-order valence-corrected chi connectivity index (χ4v) is 1.95. The Morgan fingerprint density at radius 3 is 2.38 bits per heavy atom. The third-order valence-corrected chi connectivity index (χ3v) is 3.23. The predicted octanol–water partition coefficient (Wildman–Crippen LogP) is 2.32. The first-order valence-electron chi connectivity index (χ1n) is 3.76. The monoisotopic (exact) mass is 258 g/mol. The quantitative estimate of drug-likeness (QED) is 0.647. The average Bonchev–Trinajstić information content (AvgIpc) is 2.21. The molecule has 0 aromatic heterocycles. The second-order valence-corrected chi connectivity index (χ2v) is 3.74. The van der Waals surface area contributed by atoms with Crippen LogP contribution in [0, 0.1) is 0 Å². The van der Waals surface area contributed by atoms with Gasteiger partial charge in [-0.1, -0.05) is 46.3 Å². The Labute approximate surface area is 90.6 Å². The molecule has 0 aliphatic rings. The number of rotatable bonds is 3. The number of hydrogen-bond donors (Lipinski definition) is 2. The van der Waals surface area contributed by atoms with E-state index >= 15 is 0 Å². The number of hydrogen-bond acceptors (Lipinski definition) is 3. The van der Waals surface area contributed by atoms with E-state index in [1.54, 1.807) is 0 Å². The van der Waals surface area contributed by atoms with Gasteiger partial charge in [0.05, 0.1) is 5.70 Å². The minimum Gasteiger partial charge on any atom is -0.398 e. The van der Waals surface area contributed by atoms with Crippen molar-refractivity contribution >= 4 is 33.6 Å². The van der Waals surface area contributed by atoms with E-state index in [0.29, 0.717) is 5.33 Å². The molecule has 1 aromatic carbocycles. The van der Waals surface area contributed by atoms with Crippen LogP contribution in [0.2, 0.25) is 0 Å². The molecule has 0 unspecified atom stereocenters. The van der Waals surface area contributed by atoms with Crippen molar-refractivity contribution in [1.82, 2.24) is 0 Å². The van der Waals surface area contributed by atoms with Crippen LogP contribution in [0.5, 0.6) is 0 Å². The molecule has 0 saturated carbocycles. The van der Waals surface area contributed by atoms with Gasteiger partial charge in [0.25, 0.3) is 0 Å². The molecule has 0 heterocycles. The van der Waals surface area contributed by atoms with Gasteiger partial charge in [-0.2, -0.15) is 0 Å². The van der Waals surface area contributed by atoms with E-state index in [2.05, 4.69) is 15.9 Å². The number of allylic oxidation sites excluding steroid dienone is 1. The van der Waals surface area contributed by atoms with E-state index < -0.39 is 0 Å². The third-order valence-electron chi connectivity index (χ3n) is 1.65. The highest BCUT2D eigenvalue weighted by Gasteiger charge is 2.02. The van der Waals surface area contributed by atoms with Crippen LogP contribution in [0.15, 0.2) is 35.2 Å². The highest BCUT2D eigenvalue weighted by molar-refractivity contribution is 9.09. The molecule has 0 amide bonds. The summed E-state index contributed by atoms with van der Waals surface area (Å²) in [5.41, 5.74) is 7.66. The summed E-state index contributed by atoms with van der Waals surface area (Å²) in [6, 6.07) is 9.80. The van der Waals surface area contributed by atoms with Crippen LogP contribution in [0.3, 0.4) is 0 Å². The Balaban J connectivity index is 3.01. The van der Waals surface area contributed by atoms with E-state index in [1.165, 1.54) is 11.9 Å². The zero-order valence-corrected chi connectivity index (χ0v) is 9.44. The summed E-state index contributed by atoms with van der Waals surface area (Å²) in [4.78, 5) is 0.950. The lowest BCUT2D eigenvalue weighted by Gasteiger charge is -2.06. The predicted molar refractivity (Wildman–Crippen MR) is 63.1 cm³/mol. The fourth-order valence-electron chi connectivity index (χ4n) is 0.946. The first-order valence-corrected chi connectivity index (χ1v) is 5.76. The number of nitrogens with two attached hydrogens (primary N) is 2. The van der Waals surface area contributed by atoms with E-state index in [0.717, 1.165) is 16.2 Å². The molecule has 0 spiro atoms. The van der Waals surface area contributed by atoms with Gasteiger partial charge in [-0.05, 0) is 17.5 Å². The Bertz CT molecular complexity index is 292. The van der Waals surface area contributed by atoms with Crippen LogP contribution in [0.25, 0.3) is 5.70 Å². The van der Waals surface area contributed by atoms with Crippen molar-refractivity contribution in [2.24, 2.45) is 10.9 Å². The van der Waals surface area contributed by atoms with Crippen LogP contribution in [-0.2, 0) is 0 Å². The fraction of sp³-hybridized carbons (Fsp3) is 0.111. The molecule has 0 bridgehead atoms. The number of halogens is 1. The summed E-state index contributed by atoms with van der Waals surface area (Å²) in [6.07, 6.45) is 0. The second-order valence-electron chi connectivity index (χ2n) is 2.45. The van der Waals surface area contributed by atoms with Gasteiger partial charge in [-0.15, -0.1) is 0 Å². The summed E-state index contributed by atoms with van der Waals surface area (Å²) in [6.45, 7) is 0. The summed E-state index contributed by atoms with van der Waals surface area (Å²) in [5.74, 6) is 0. The number of alkyl halides is 1. The molecule has 0 radical (unpaired) electrons. The van der Waals surface area contributed by atoms with Crippen LogP contribution < -0.4 is 10.9 Å². The highest BCUT2D eigenvalue weighted by Crippen LogP contribution is 2.20. The van der Waals surface area contributed by atoms with Crippen molar-refractivity contribution < 1.29 is 0 Å². The molecule has 70 valence electrons. The van der Waals surface area contributed by atoms with Crippen LogP contribution >= 0.6 is 27.9 Å². The Hall–Kier alpha value is -0.450. The van der Waals surface area contributed by atoms with Crippen molar-refractivity contribution in [2.45, 2.75) is 0 Å². The van der Waals surface area contributed by atoms with E-state index in [-0.39, 0.29) is 0 Å². The van der Waals surface area contributed by atoms with Gasteiger partial charge in [0.2, 0.25) is 0 Å². The maximum Gasteiger partial charge on any atom is 0.0506 e. The molecule has 0 aliphatic heterocycles. The van der Waals surface area contributed by atoms with Gasteiger partial charge in [0.1, 0.15) is 0 Å². The molecule has 13 heavy (non-hydrogen) atoms. The number of benzene rings is 1. The summed E-state index contributed by atoms with van der Waals surface area (Å²) in [5, 5.41) is 6.16. The van der Waals surface area contributed by atoms with Crippen molar-refractivity contribution in [2.75, 3.05) is 5.33 Å². The minimum atomic E-state index is 0.689. The molecule has 2 nitrogen and oxygen atoms in total. The molecule has 0 fully saturated rings. The molecule has 1 rings (SSSR count). The molecule has 4 N–H and O–H groups in total. The molecule has 0 saturated heterocycles. The largest absolute Gasteiger partial charge is 0.398 e. The minimum absolute atomic E-state index is 0.689. The average molecular weight is 259 g/mol. The van der Waals surface area contributed by atoms with Gasteiger partial charge < -0.3 is 5.73 Å². The molecule has 0 atom stereocenters. The van der Waals surface area contributed by atoms with Crippen LogP contribution in [-0.4, -0.2) is 5.33 Å². The lowest BCUT2D eigenvalue weighted by molar-refractivity contribution is 1.48. The van der Waals surface area contributed by atoms with E-state index in [1.807, 2.05) is 30.3 Å². The standard InChI is InChI=1S/C9H11BrN2S/c10-6-8(13-12)9(11)7-4-2-1-3-5-7/h1-5H,6,11-12H2/b9-8-. The lowest BCUT2D eigenvalue weighted by atomic mass is 10.1. The Kier molecular flexibility index (Phi) is 4.35. The van der Waals surface area contributed by atoms with Gasteiger partial charge in [-0.3, -0.25) is 5.14 Å². The van der Waals surface area contributed by atoms with Crippen molar-refractivity contribution in [1.29, 1.82) is 0 Å². The second kappa shape index (κ2) is 5.32. The van der Waals surface area contributed by atoms with Gasteiger partial charge in [0.15, 0.2) is 0 Å². The maximum absolute atomic E-state index is 5.91. The first-order chi connectivity index (χ1) is 6.29. The molecular weight excluding hydrogens is 248 g/mol. The van der Waals surface area contributed by atoms with E-state index in [4.69, 9.17) is 10.9 Å². The summed E-state index contributed by atoms with van der Waals surface area (Å²) in [7, 11) is 0. The zero-order chi connectivity index (χ0) is 9.68. The third kappa shape index (κ3) is 2.76. The zero-order valence-electron chi connectivity index (χ0n) is 7.03. The van der Waals surface area contributed by atoms with Gasteiger partial charge in [-0.25, -0.2) is 0 Å². The summed E-state index contributed by atoms with van der Waals surface area (Å²) >= 11 is 4.52. The Morgan fingerprint density at radius 1 is 1.31 bits per heavy atom. The normalized spacial score (nSPS) is 12.5. The molecule has 1 aromatic rings. The first kappa shape index (κ1) is 10.6.